The molecule has 2 heterocycles. The van der Waals surface area contributed by atoms with Crippen LogP contribution in [0.25, 0.3) is 11.0 Å². The summed E-state index contributed by atoms with van der Waals surface area (Å²) in [6.45, 7) is 7.94. The van der Waals surface area contributed by atoms with Gasteiger partial charge in [0.05, 0.1) is 11.0 Å². The minimum Gasteiger partial charge on any atom is -0.396 e. The molecule has 5 N–H and O–H groups in total. The standard InChI is InChI=1S/C22H34N4O2/c1-22(2,3)15-7-8-17-14(12-15)13-18-19(25-17)16(6-4-5-11-27)20(26-18)21(28)24-10-9-23/h13,15,26-27H,4-12,23H2,1-3H3,(H,24,28). The molecule has 28 heavy (non-hydrogen) atoms. The number of unbranched alkanes of at least 4 members (excludes halogenated alkanes) is 1. The molecule has 154 valence electrons. The number of nitrogens with two attached hydrogens (primary N) is 1. The van der Waals surface area contributed by atoms with Gasteiger partial charge in [0.1, 0.15) is 5.69 Å². The number of hydrogen-bond acceptors (Lipinski definition) is 4. The molecule has 1 aliphatic carbocycles. The molecule has 0 saturated heterocycles. The number of nitrogens with zero attached hydrogens (tertiary/aromatic N) is 1. The van der Waals surface area contributed by atoms with Gasteiger partial charge in [-0.2, -0.15) is 0 Å². The molecule has 0 bridgehead atoms. The first-order chi connectivity index (χ1) is 13.3. The van der Waals surface area contributed by atoms with E-state index in [-0.39, 0.29) is 17.9 Å². The van der Waals surface area contributed by atoms with E-state index >= 15 is 0 Å². The second-order valence-corrected chi connectivity index (χ2v) is 9.00. The molecule has 6 nitrogen and oxygen atoms in total. The van der Waals surface area contributed by atoms with Crippen molar-refractivity contribution in [2.45, 2.75) is 59.3 Å². The van der Waals surface area contributed by atoms with Crippen LogP contribution in [0.3, 0.4) is 0 Å². The average Bonchev–Trinajstić information content (AvgIpc) is 3.01. The van der Waals surface area contributed by atoms with E-state index in [1.165, 1.54) is 11.3 Å². The highest BCUT2D eigenvalue weighted by molar-refractivity contribution is 6.00. The molecule has 0 aromatic carbocycles. The number of H-pyrrole nitrogens is 1. The van der Waals surface area contributed by atoms with Gasteiger partial charge in [0, 0.05) is 31.0 Å². The number of aliphatic hydroxyl groups is 1. The molecule has 0 aliphatic heterocycles. The fourth-order valence-electron chi connectivity index (χ4n) is 4.18. The fraction of sp³-hybridized carbons (Fsp3) is 0.636. The van der Waals surface area contributed by atoms with Crippen LogP contribution in [0.15, 0.2) is 6.07 Å². The highest BCUT2D eigenvalue weighted by Gasteiger charge is 2.30. The lowest BCUT2D eigenvalue weighted by Gasteiger charge is -2.34. The summed E-state index contributed by atoms with van der Waals surface area (Å²) in [5.41, 5.74) is 11.7. The van der Waals surface area contributed by atoms with Crippen molar-refractivity contribution in [2.75, 3.05) is 19.7 Å². The predicted molar refractivity (Wildman–Crippen MR) is 112 cm³/mol. The van der Waals surface area contributed by atoms with Gasteiger partial charge in [0.25, 0.3) is 5.91 Å². The van der Waals surface area contributed by atoms with Crippen LogP contribution in [0.1, 0.15) is 67.3 Å². The normalized spacial score (nSPS) is 17.0. The summed E-state index contributed by atoms with van der Waals surface area (Å²) >= 11 is 0. The number of fused-ring (bicyclic) bond motifs is 2. The van der Waals surface area contributed by atoms with E-state index in [0.717, 1.165) is 48.7 Å². The van der Waals surface area contributed by atoms with E-state index in [9.17, 15) is 4.79 Å². The van der Waals surface area contributed by atoms with Crippen molar-refractivity contribution in [1.29, 1.82) is 0 Å². The van der Waals surface area contributed by atoms with Crippen LogP contribution in [0.4, 0.5) is 0 Å². The quantitative estimate of drug-likeness (QED) is 0.549. The molecule has 1 amide bonds. The SMILES string of the molecule is CC(C)(C)C1CCc2nc3c(CCCCO)c(C(=O)NCCN)[nH]c3cc2C1. The van der Waals surface area contributed by atoms with Gasteiger partial charge in [-0.1, -0.05) is 20.8 Å². The molecular formula is C22H34N4O2. The number of nitrogens with one attached hydrogen (secondary N) is 2. The molecule has 3 rings (SSSR count). The average molecular weight is 387 g/mol. The molecule has 2 aromatic rings. The smallest absolute Gasteiger partial charge is 0.268 e. The Bertz CT molecular complexity index is 835. The van der Waals surface area contributed by atoms with E-state index in [4.69, 9.17) is 15.8 Å². The topological polar surface area (TPSA) is 104 Å². The van der Waals surface area contributed by atoms with E-state index in [1.54, 1.807) is 0 Å². The maximum atomic E-state index is 12.7. The molecule has 1 aliphatic rings. The molecule has 2 aromatic heterocycles. The van der Waals surface area contributed by atoms with Crippen molar-refractivity contribution in [3.05, 3.63) is 28.6 Å². The first kappa shape index (κ1) is 20.8. The Hall–Kier alpha value is -1.92. The number of amides is 1. The maximum Gasteiger partial charge on any atom is 0.268 e. The lowest BCUT2D eigenvalue weighted by atomic mass is 9.71. The Morgan fingerprint density at radius 1 is 1.39 bits per heavy atom. The lowest BCUT2D eigenvalue weighted by molar-refractivity contribution is 0.0949. The van der Waals surface area contributed by atoms with Gasteiger partial charge >= 0.3 is 0 Å². The highest BCUT2D eigenvalue weighted by Crippen LogP contribution is 2.38. The fourth-order valence-corrected chi connectivity index (χ4v) is 4.18. The first-order valence-corrected chi connectivity index (χ1v) is 10.5. The third-order valence-corrected chi connectivity index (χ3v) is 5.95. The van der Waals surface area contributed by atoms with Crippen LogP contribution in [0.2, 0.25) is 0 Å². The van der Waals surface area contributed by atoms with Crippen LogP contribution >= 0.6 is 0 Å². The van der Waals surface area contributed by atoms with Crippen LogP contribution in [0.5, 0.6) is 0 Å². The number of pyridine rings is 1. The summed E-state index contributed by atoms with van der Waals surface area (Å²) in [5.74, 6) is 0.513. The minimum atomic E-state index is -0.131. The van der Waals surface area contributed by atoms with Crippen LogP contribution < -0.4 is 11.1 Å². The number of aromatic nitrogens is 2. The van der Waals surface area contributed by atoms with Crippen LogP contribution in [-0.4, -0.2) is 40.7 Å². The zero-order chi connectivity index (χ0) is 20.3. The van der Waals surface area contributed by atoms with Crippen molar-refractivity contribution in [1.82, 2.24) is 15.3 Å². The number of aryl methyl sites for hydroxylation is 2. The van der Waals surface area contributed by atoms with Crippen molar-refractivity contribution in [3.8, 4) is 0 Å². The third kappa shape index (κ3) is 4.39. The van der Waals surface area contributed by atoms with Gasteiger partial charge < -0.3 is 21.1 Å². The van der Waals surface area contributed by atoms with Gasteiger partial charge in [0.15, 0.2) is 0 Å². The monoisotopic (exact) mass is 386 g/mol. The molecule has 0 spiro atoms. The zero-order valence-electron chi connectivity index (χ0n) is 17.4. The second kappa shape index (κ2) is 8.62. The van der Waals surface area contributed by atoms with E-state index in [2.05, 4.69) is 37.1 Å². The van der Waals surface area contributed by atoms with Crippen molar-refractivity contribution in [2.24, 2.45) is 17.1 Å². The summed E-state index contributed by atoms with van der Waals surface area (Å²) in [5, 5.41) is 12.0. The molecule has 0 fully saturated rings. The van der Waals surface area contributed by atoms with Gasteiger partial charge in [-0.25, -0.2) is 0 Å². The van der Waals surface area contributed by atoms with Gasteiger partial charge in [-0.05, 0) is 61.5 Å². The number of aliphatic hydroxyl groups excluding tert-OH is 1. The summed E-state index contributed by atoms with van der Waals surface area (Å²) in [4.78, 5) is 21.0. The minimum absolute atomic E-state index is 0.131. The molecular weight excluding hydrogens is 352 g/mol. The number of rotatable bonds is 7. The molecule has 0 radical (unpaired) electrons. The summed E-state index contributed by atoms with van der Waals surface area (Å²) in [6, 6.07) is 2.20. The zero-order valence-corrected chi connectivity index (χ0v) is 17.4. The van der Waals surface area contributed by atoms with E-state index in [0.29, 0.717) is 31.1 Å². The number of carbonyl (C=O) groups excluding carboxylic acids is 1. The Labute approximate surface area is 167 Å². The molecule has 1 unspecified atom stereocenters. The maximum absolute atomic E-state index is 12.7. The Balaban J connectivity index is 1.99. The molecule has 1 atom stereocenters. The van der Waals surface area contributed by atoms with Crippen LogP contribution in [-0.2, 0) is 19.3 Å². The summed E-state index contributed by atoms with van der Waals surface area (Å²) in [6.07, 6.45) is 5.45. The van der Waals surface area contributed by atoms with Gasteiger partial charge in [-0.3, -0.25) is 9.78 Å². The van der Waals surface area contributed by atoms with Crippen molar-refractivity contribution >= 4 is 16.9 Å². The lowest BCUT2D eigenvalue weighted by Crippen LogP contribution is -2.29. The first-order valence-electron chi connectivity index (χ1n) is 10.5. The largest absolute Gasteiger partial charge is 0.396 e. The Morgan fingerprint density at radius 2 is 2.18 bits per heavy atom. The van der Waals surface area contributed by atoms with E-state index in [1.807, 2.05) is 0 Å². The Kier molecular flexibility index (Phi) is 6.40. The third-order valence-electron chi connectivity index (χ3n) is 5.95. The van der Waals surface area contributed by atoms with Gasteiger partial charge in [-0.15, -0.1) is 0 Å². The van der Waals surface area contributed by atoms with Crippen molar-refractivity contribution in [3.63, 3.8) is 0 Å². The molecule has 6 heteroatoms. The molecule has 0 saturated carbocycles. The summed E-state index contributed by atoms with van der Waals surface area (Å²) < 4.78 is 0. The van der Waals surface area contributed by atoms with E-state index < -0.39 is 0 Å². The van der Waals surface area contributed by atoms with Crippen molar-refractivity contribution < 1.29 is 9.90 Å². The van der Waals surface area contributed by atoms with Crippen LogP contribution in [0, 0.1) is 11.3 Å². The van der Waals surface area contributed by atoms with Gasteiger partial charge in [0.2, 0.25) is 0 Å². The Morgan fingerprint density at radius 3 is 2.86 bits per heavy atom. The highest BCUT2D eigenvalue weighted by atomic mass is 16.2. The second-order valence-electron chi connectivity index (χ2n) is 9.00. The number of carbonyl (C=O) groups is 1. The predicted octanol–water partition coefficient (Wildman–Crippen LogP) is 2.72. The summed E-state index contributed by atoms with van der Waals surface area (Å²) in [7, 11) is 0. The number of hydrogen-bond donors (Lipinski definition) is 4. The number of aromatic amines is 1.